The topological polar surface area (TPSA) is 66.8 Å². The number of benzene rings is 2. The maximum absolute atomic E-state index is 13.2. The summed E-state index contributed by atoms with van der Waals surface area (Å²) in [6, 6.07) is 11.5. The largest absolute Gasteiger partial charge is 0.416 e. The number of amidine groups is 1. The van der Waals surface area contributed by atoms with Crippen LogP contribution >= 0.6 is 11.8 Å². The quantitative estimate of drug-likeness (QED) is 0.685. The molecule has 2 heterocycles. The summed E-state index contributed by atoms with van der Waals surface area (Å²) in [6.07, 6.45) is -4.49. The number of hydrogen-bond donors (Lipinski definition) is 0. The van der Waals surface area contributed by atoms with Gasteiger partial charge in [-0.25, -0.2) is 8.42 Å². The predicted molar refractivity (Wildman–Crippen MR) is 115 cm³/mol. The number of hydrogen-bond acceptors (Lipinski definition) is 4. The first-order valence-corrected chi connectivity index (χ1v) is 12.2. The normalized spacial score (nSPS) is 23.9. The molecule has 0 radical (unpaired) electrons. The highest BCUT2D eigenvalue weighted by molar-refractivity contribution is 8.16. The van der Waals surface area contributed by atoms with Gasteiger partial charge in [0.15, 0.2) is 15.0 Å². The van der Waals surface area contributed by atoms with E-state index in [0.29, 0.717) is 0 Å². The minimum atomic E-state index is -4.54. The monoisotopic (exact) mass is 468 g/mol. The van der Waals surface area contributed by atoms with Crippen LogP contribution < -0.4 is 4.90 Å². The number of aryl methyl sites for hydroxylation is 1. The second kappa shape index (κ2) is 7.98. The van der Waals surface area contributed by atoms with Crippen LogP contribution in [0.15, 0.2) is 53.5 Å². The average molecular weight is 469 g/mol. The lowest BCUT2D eigenvalue weighted by atomic mass is 10.1. The third-order valence-electron chi connectivity index (χ3n) is 5.18. The number of nitrogens with zero attached hydrogens (tertiary/aromatic N) is 2. The van der Waals surface area contributed by atoms with Gasteiger partial charge in [-0.1, -0.05) is 47.7 Å². The second-order valence-corrected chi connectivity index (χ2v) is 11.0. The molecule has 0 saturated carbocycles. The smallest absolute Gasteiger partial charge is 0.316 e. The Bertz CT molecular complexity index is 1160. The summed E-state index contributed by atoms with van der Waals surface area (Å²) >= 11 is 1.14. The van der Waals surface area contributed by atoms with Crippen LogP contribution in [0.5, 0.6) is 0 Å². The van der Waals surface area contributed by atoms with Gasteiger partial charge in [0.25, 0.3) is 5.91 Å². The maximum atomic E-state index is 13.2. The van der Waals surface area contributed by atoms with Crippen molar-refractivity contribution in [2.45, 2.75) is 30.8 Å². The molecule has 2 aliphatic heterocycles. The number of anilines is 1. The molecule has 0 aliphatic carbocycles. The summed E-state index contributed by atoms with van der Waals surface area (Å²) in [5, 5.41) is -0.146. The highest BCUT2D eigenvalue weighted by Gasteiger charge is 2.49. The lowest BCUT2D eigenvalue weighted by Crippen LogP contribution is -2.38. The first-order valence-electron chi connectivity index (χ1n) is 9.52. The van der Waals surface area contributed by atoms with E-state index in [-0.39, 0.29) is 34.0 Å². The fraction of sp³-hybridized carbons (Fsp3) is 0.333. The zero-order valence-corrected chi connectivity index (χ0v) is 18.1. The zero-order valence-electron chi connectivity index (χ0n) is 16.5. The number of halogens is 3. The average Bonchev–Trinajstić information content (AvgIpc) is 3.11. The molecule has 164 valence electrons. The molecule has 0 unspecified atom stereocenters. The Morgan fingerprint density at radius 2 is 1.90 bits per heavy atom. The van der Waals surface area contributed by atoms with Crippen LogP contribution in [-0.4, -0.2) is 42.3 Å². The molecular formula is C21H19F3N2O3S2. The first kappa shape index (κ1) is 21.9. The van der Waals surface area contributed by atoms with Crippen molar-refractivity contribution >= 4 is 38.4 Å². The van der Waals surface area contributed by atoms with E-state index in [1.807, 2.05) is 25.1 Å². The molecule has 2 fully saturated rings. The maximum Gasteiger partial charge on any atom is 0.416 e. The van der Waals surface area contributed by atoms with Crippen LogP contribution in [0.1, 0.15) is 16.7 Å². The van der Waals surface area contributed by atoms with Gasteiger partial charge < -0.3 is 4.90 Å². The van der Waals surface area contributed by atoms with Crippen molar-refractivity contribution in [3.8, 4) is 0 Å². The third-order valence-corrected chi connectivity index (χ3v) is 8.39. The molecule has 0 aromatic heterocycles. The number of sulfone groups is 1. The van der Waals surface area contributed by atoms with Gasteiger partial charge in [0, 0.05) is 10.9 Å². The van der Waals surface area contributed by atoms with E-state index < -0.39 is 33.5 Å². The van der Waals surface area contributed by atoms with Crippen LogP contribution in [0.3, 0.4) is 0 Å². The molecule has 4 rings (SSSR count). The van der Waals surface area contributed by atoms with Crippen LogP contribution in [0.2, 0.25) is 0 Å². The minimum absolute atomic E-state index is 0.0514. The lowest BCUT2D eigenvalue weighted by molar-refractivity contribution is -0.137. The van der Waals surface area contributed by atoms with Crippen LogP contribution in [0.25, 0.3) is 0 Å². The van der Waals surface area contributed by atoms with Crippen molar-refractivity contribution in [2.24, 2.45) is 4.99 Å². The van der Waals surface area contributed by atoms with E-state index in [0.717, 1.165) is 35.0 Å². The van der Waals surface area contributed by atoms with E-state index in [1.54, 1.807) is 6.07 Å². The van der Waals surface area contributed by atoms with Gasteiger partial charge in [0.05, 0.1) is 29.5 Å². The highest BCUT2D eigenvalue weighted by Crippen LogP contribution is 2.42. The van der Waals surface area contributed by atoms with Gasteiger partial charge in [-0.2, -0.15) is 18.2 Å². The van der Waals surface area contributed by atoms with Crippen molar-refractivity contribution in [3.05, 3.63) is 65.2 Å². The summed E-state index contributed by atoms with van der Waals surface area (Å²) in [4.78, 5) is 18.3. The molecule has 1 amide bonds. The number of thioether (sulfide) groups is 1. The minimum Gasteiger partial charge on any atom is -0.316 e. The Morgan fingerprint density at radius 1 is 1.16 bits per heavy atom. The Labute approximate surface area is 182 Å². The number of carbonyl (C=O) groups excluding carboxylic acids is 1. The molecule has 0 spiro atoms. The summed E-state index contributed by atoms with van der Waals surface area (Å²) in [5.41, 5.74) is 1.11. The number of alkyl halides is 3. The molecular weight excluding hydrogens is 449 g/mol. The van der Waals surface area contributed by atoms with Crippen molar-refractivity contribution in [3.63, 3.8) is 0 Å². The van der Waals surface area contributed by atoms with Gasteiger partial charge in [0.1, 0.15) is 0 Å². The van der Waals surface area contributed by atoms with E-state index in [9.17, 15) is 26.4 Å². The van der Waals surface area contributed by atoms with E-state index in [2.05, 4.69) is 4.99 Å². The van der Waals surface area contributed by atoms with Crippen molar-refractivity contribution in [1.82, 2.24) is 0 Å². The molecule has 31 heavy (non-hydrogen) atoms. The fourth-order valence-corrected chi connectivity index (χ4v) is 7.77. The first-order chi connectivity index (χ1) is 14.5. The van der Waals surface area contributed by atoms with E-state index >= 15 is 0 Å². The number of amides is 1. The molecule has 2 aromatic rings. The standard InChI is InChI=1S/C21H19F3N2O3S2/c1-13-4-2-5-14(8-13)9-19(27)25-20-26(17-11-31(28,29)12-18(17)30-20)16-7-3-6-15(10-16)21(22,23)24/h2-8,10,17-18H,9,11-12H2,1H3/t17-,18-/m1/s1. The van der Waals surface area contributed by atoms with Gasteiger partial charge in [-0.3, -0.25) is 4.79 Å². The molecule has 2 saturated heterocycles. The molecule has 0 N–H and O–H groups in total. The van der Waals surface area contributed by atoms with E-state index in [1.165, 1.54) is 17.0 Å². The Kier molecular flexibility index (Phi) is 5.63. The number of carbonyl (C=O) groups is 1. The van der Waals surface area contributed by atoms with Crippen molar-refractivity contribution in [1.29, 1.82) is 0 Å². The molecule has 2 aromatic carbocycles. The van der Waals surface area contributed by atoms with E-state index in [4.69, 9.17) is 0 Å². The Morgan fingerprint density at radius 3 is 2.61 bits per heavy atom. The fourth-order valence-electron chi connectivity index (χ4n) is 3.84. The lowest BCUT2D eigenvalue weighted by Gasteiger charge is -2.25. The van der Waals surface area contributed by atoms with Crippen LogP contribution in [0, 0.1) is 6.92 Å². The molecule has 0 bridgehead atoms. The highest BCUT2D eigenvalue weighted by atomic mass is 32.2. The summed E-state index contributed by atoms with van der Waals surface area (Å²) in [5.74, 6) is -0.720. The third kappa shape index (κ3) is 4.79. The predicted octanol–water partition coefficient (Wildman–Crippen LogP) is 3.86. The SMILES string of the molecule is Cc1cccc(CC(=O)N=C2S[C@@H]3CS(=O)(=O)C[C@H]3N2c2cccc(C(F)(F)F)c2)c1. The number of fused-ring (bicyclic) bond motifs is 1. The number of aliphatic imine (C=N–C) groups is 1. The second-order valence-electron chi connectivity index (χ2n) is 7.67. The Balaban J connectivity index is 1.68. The molecule has 2 aliphatic rings. The summed E-state index contributed by atoms with van der Waals surface area (Å²) < 4.78 is 63.9. The van der Waals surface area contributed by atoms with Crippen LogP contribution in [0.4, 0.5) is 18.9 Å². The van der Waals surface area contributed by atoms with Gasteiger partial charge in [-0.05, 0) is 30.7 Å². The molecule has 2 atom stereocenters. The van der Waals surface area contributed by atoms with Crippen molar-refractivity contribution in [2.75, 3.05) is 16.4 Å². The van der Waals surface area contributed by atoms with Gasteiger partial charge in [-0.15, -0.1) is 0 Å². The zero-order chi connectivity index (χ0) is 22.4. The van der Waals surface area contributed by atoms with Crippen LogP contribution in [-0.2, 0) is 27.2 Å². The van der Waals surface area contributed by atoms with Gasteiger partial charge >= 0.3 is 6.18 Å². The summed E-state index contributed by atoms with van der Waals surface area (Å²) in [7, 11) is -3.31. The molecule has 5 nitrogen and oxygen atoms in total. The Hall–Kier alpha value is -2.33. The molecule has 10 heteroatoms. The van der Waals surface area contributed by atoms with Gasteiger partial charge in [0.2, 0.25) is 0 Å². The van der Waals surface area contributed by atoms with Crippen molar-refractivity contribution < 1.29 is 26.4 Å². The number of rotatable bonds is 3. The summed E-state index contributed by atoms with van der Waals surface area (Å²) in [6.45, 7) is 1.91.